The first-order valence-corrected chi connectivity index (χ1v) is 9.69. The minimum absolute atomic E-state index is 0.553. The fraction of sp³-hybridized carbons (Fsp3) is 0. The molecule has 0 unspecified atom stereocenters. The van der Waals surface area contributed by atoms with Gasteiger partial charge in [0, 0.05) is 0 Å². The van der Waals surface area contributed by atoms with E-state index in [1.165, 1.54) is 0 Å². The fourth-order valence-corrected chi connectivity index (χ4v) is 4.22. The highest BCUT2D eigenvalue weighted by Gasteiger charge is 2.20. The van der Waals surface area contributed by atoms with Gasteiger partial charge < -0.3 is 10.0 Å². The van der Waals surface area contributed by atoms with Crippen molar-refractivity contribution in [1.29, 1.82) is 0 Å². The molecule has 0 radical (unpaired) electrons. The van der Waals surface area contributed by atoms with Crippen LogP contribution in [0.5, 0.6) is 0 Å². The second-order valence-corrected chi connectivity index (χ2v) is 7.20. The van der Waals surface area contributed by atoms with Crippen LogP contribution in [0.15, 0.2) is 103 Å². The van der Waals surface area contributed by atoms with Crippen LogP contribution in [0.2, 0.25) is 0 Å². The summed E-state index contributed by atoms with van der Waals surface area (Å²) in [5.74, 6) is 0. The number of benzene rings is 5. The maximum Gasteiger partial charge on any atom is 0.489 e. The van der Waals surface area contributed by atoms with E-state index in [0.717, 1.165) is 43.8 Å². The standard InChI is InChI=1S/C26H19BO2/c28-27(29)26-21-13-5-4-11-19(21)17-25-23(15-8-16-24(25)26)22-14-7-6-12-20(22)18-9-2-1-3-10-18/h1-17,28-29H. The Labute approximate surface area is 169 Å². The quantitative estimate of drug-likeness (QED) is 0.344. The van der Waals surface area contributed by atoms with E-state index in [9.17, 15) is 10.0 Å². The van der Waals surface area contributed by atoms with Crippen LogP contribution in [0.4, 0.5) is 0 Å². The molecule has 0 amide bonds. The smallest absolute Gasteiger partial charge is 0.423 e. The Bertz CT molecular complexity index is 1330. The second-order valence-electron chi connectivity index (χ2n) is 7.20. The molecule has 0 heterocycles. The molecule has 0 aliphatic rings. The number of hydrogen-bond acceptors (Lipinski definition) is 2. The third-order valence-electron chi connectivity index (χ3n) is 5.51. The number of rotatable bonds is 3. The molecule has 29 heavy (non-hydrogen) atoms. The van der Waals surface area contributed by atoms with Gasteiger partial charge in [0.1, 0.15) is 0 Å². The Morgan fingerprint density at radius 1 is 0.483 bits per heavy atom. The van der Waals surface area contributed by atoms with Crippen LogP contribution in [-0.2, 0) is 0 Å². The van der Waals surface area contributed by atoms with Gasteiger partial charge in [0.15, 0.2) is 0 Å². The maximum atomic E-state index is 10.2. The lowest BCUT2D eigenvalue weighted by atomic mass is 9.73. The summed E-state index contributed by atoms with van der Waals surface area (Å²) in [6.07, 6.45) is 0. The summed E-state index contributed by atoms with van der Waals surface area (Å²) < 4.78 is 0. The molecule has 138 valence electrons. The van der Waals surface area contributed by atoms with Gasteiger partial charge in [0.2, 0.25) is 0 Å². The molecule has 5 aromatic carbocycles. The molecule has 2 nitrogen and oxygen atoms in total. The van der Waals surface area contributed by atoms with Crippen LogP contribution in [0.1, 0.15) is 0 Å². The lowest BCUT2D eigenvalue weighted by molar-refractivity contribution is 0.426. The predicted octanol–water partition coefficient (Wildman–Crippen LogP) is 5.01. The molecular formula is C26H19BO2. The van der Waals surface area contributed by atoms with E-state index in [1.807, 2.05) is 60.7 Å². The lowest BCUT2D eigenvalue weighted by Gasteiger charge is -2.16. The van der Waals surface area contributed by atoms with Gasteiger partial charge in [0.05, 0.1) is 0 Å². The van der Waals surface area contributed by atoms with Gasteiger partial charge in [-0.05, 0) is 55.3 Å². The van der Waals surface area contributed by atoms with Crippen LogP contribution < -0.4 is 5.46 Å². The Kier molecular flexibility index (Phi) is 4.40. The predicted molar refractivity (Wildman–Crippen MR) is 122 cm³/mol. The summed E-state index contributed by atoms with van der Waals surface area (Å²) in [6.45, 7) is 0. The van der Waals surface area contributed by atoms with Crippen LogP contribution >= 0.6 is 0 Å². The van der Waals surface area contributed by atoms with Crippen LogP contribution in [0.3, 0.4) is 0 Å². The lowest BCUT2D eigenvalue weighted by Crippen LogP contribution is -2.31. The number of fused-ring (bicyclic) bond motifs is 2. The van der Waals surface area contributed by atoms with Crippen molar-refractivity contribution in [2.45, 2.75) is 0 Å². The molecule has 0 spiro atoms. The van der Waals surface area contributed by atoms with E-state index < -0.39 is 7.12 Å². The third-order valence-corrected chi connectivity index (χ3v) is 5.51. The maximum absolute atomic E-state index is 10.2. The van der Waals surface area contributed by atoms with Crippen molar-refractivity contribution in [3.05, 3.63) is 103 Å². The molecule has 0 fully saturated rings. The molecule has 0 aliphatic heterocycles. The van der Waals surface area contributed by atoms with E-state index in [4.69, 9.17) is 0 Å². The Hall–Kier alpha value is -3.40. The van der Waals surface area contributed by atoms with Crippen molar-refractivity contribution in [1.82, 2.24) is 0 Å². The molecule has 0 saturated carbocycles. The summed E-state index contributed by atoms with van der Waals surface area (Å²) in [7, 11) is -1.54. The zero-order chi connectivity index (χ0) is 19.8. The molecular weight excluding hydrogens is 355 g/mol. The average Bonchev–Trinajstić information content (AvgIpc) is 2.77. The topological polar surface area (TPSA) is 40.5 Å². The molecule has 0 bridgehead atoms. The molecule has 0 atom stereocenters. The first-order valence-electron chi connectivity index (χ1n) is 9.69. The Balaban J connectivity index is 1.87. The molecule has 5 aromatic rings. The normalized spacial score (nSPS) is 11.1. The second kappa shape index (κ2) is 7.21. The average molecular weight is 374 g/mol. The highest BCUT2D eigenvalue weighted by atomic mass is 16.4. The van der Waals surface area contributed by atoms with Gasteiger partial charge >= 0.3 is 7.12 Å². The fourth-order valence-electron chi connectivity index (χ4n) is 4.22. The molecule has 2 N–H and O–H groups in total. The van der Waals surface area contributed by atoms with Gasteiger partial charge in [-0.15, -0.1) is 0 Å². The SMILES string of the molecule is OB(O)c1c2ccccc2cc2c(-c3ccccc3-c3ccccc3)cccc12. The Morgan fingerprint density at radius 3 is 1.90 bits per heavy atom. The summed E-state index contributed by atoms with van der Waals surface area (Å²) in [5.41, 5.74) is 5.06. The van der Waals surface area contributed by atoms with Crippen LogP contribution in [0, 0.1) is 0 Å². The molecule has 5 rings (SSSR count). The summed E-state index contributed by atoms with van der Waals surface area (Å²) in [5, 5.41) is 24.1. The minimum atomic E-state index is -1.54. The summed E-state index contributed by atoms with van der Waals surface area (Å²) >= 11 is 0. The van der Waals surface area contributed by atoms with Crippen molar-refractivity contribution in [2.75, 3.05) is 0 Å². The van der Waals surface area contributed by atoms with Gasteiger partial charge in [-0.1, -0.05) is 97.1 Å². The largest absolute Gasteiger partial charge is 0.489 e. The molecule has 0 aromatic heterocycles. The Morgan fingerprint density at radius 2 is 1.10 bits per heavy atom. The van der Waals surface area contributed by atoms with Crippen molar-refractivity contribution in [2.24, 2.45) is 0 Å². The van der Waals surface area contributed by atoms with Gasteiger partial charge in [0.25, 0.3) is 0 Å². The zero-order valence-corrected chi connectivity index (χ0v) is 15.8. The van der Waals surface area contributed by atoms with Gasteiger partial charge in [-0.3, -0.25) is 0 Å². The molecule has 3 heteroatoms. The molecule has 0 aliphatic carbocycles. The third kappa shape index (κ3) is 3.01. The van der Waals surface area contributed by atoms with Crippen molar-refractivity contribution >= 4 is 34.1 Å². The first kappa shape index (κ1) is 17.7. The molecule has 0 saturated heterocycles. The van der Waals surface area contributed by atoms with E-state index in [2.05, 4.69) is 42.5 Å². The summed E-state index contributed by atoms with van der Waals surface area (Å²) in [6, 6.07) is 34.7. The summed E-state index contributed by atoms with van der Waals surface area (Å²) in [4.78, 5) is 0. The first-order chi connectivity index (χ1) is 14.2. The van der Waals surface area contributed by atoms with E-state index in [1.54, 1.807) is 0 Å². The van der Waals surface area contributed by atoms with Crippen molar-refractivity contribution in [3.8, 4) is 22.3 Å². The number of hydrogen-bond donors (Lipinski definition) is 2. The van der Waals surface area contributed by atoms with E-state index in [-0.39, 0.29) is 0 Å². The van der Waals surface area contributed by atoms with Crippen LogP contribution in [-0.4, -0.2) is 17.2 Å². The van der Waals surface area contributed by atoms with Gasteiger partial charge in [-0.2, -0.15) is 0 Å². The zero-order valence-electron chi connectivity index (χ0n) is 15.8. The minimum Gasteiger partial charge on any atom is -0.423 e. The highest BCUT2D eigenvalue weighted by molar-refractivity contribution is 6.65. The highest BCUT2D eigenvalue weighted by Crippen LogP contribution is 2.37. The van der Waals surface area contributed by atoms with E-state index in [0.29, 0.717) is 5.46 Å². The van der Waals surface area contributed by atoms with Crippen molar-refractivity contribution in [3.63, 3.8) is 0 Å². The van der Waals surface area contributed by atoms with E-state index >= 15 is 0 Å². The van der Waals surface area contributed by atoms with Gasteiger partial charge in [-0.25, -0.2) is 0 Å². The monoisotopic (exact) mass is 374 g/mol. The van der Waals surface area contributed by atoms with Crippen molar-refractivity contribution < 1.29 is 10.0 Å². The van der Waals surface area contributed by atoms with Crippen LogP contribution in [0.25, 0.3) is 43.8 Å².